The number of carbonyl (C=O) groups is 2. The third-order valence-electron chi connectivity index (χ3n) is 7.00. The average Bonchev–Trinajstić information content (AvgIpc) is 2.94. The molecule has 0 spiro atoms. The summed E-state index contributed by atoms with van der Waals surface area (Å²) in [5, 5.41) is 9.35. The lowest BCUT2D eigenvalue weighted by molar-refractivity contribution is -0.135. The number of hydrogen-bond donors (Lipinski definition) is 1. The number of pyridine rings is 2. The lowest BCUT2D eigenvalue weighted by Crippen LogP contribution is -2.40. The highest BCUT2D eigenvalue weighted by Crippen LogP contribution is 2.31. The van der Waals surface area contributed by atoms with E-state index in [1.165, 1.54) is 28.2 Å². The molecule has 2 heterocycles. The Labute approximate surface area is 261 Å². The monoisotopic (exact) mass is 624 g/mol. The van der Waals surface area contributed by atoms with Crippen LogP contribution in [0.5, 0.6) is 0 Å². The first-order valence-electron chi connectivity index (χ1n) is 14.7. The first-order chi connectivity index (χ1) is 20.5. The Morgan fingerprint density at radius 3 is 2.18 bits per heavy atom. The molecule has 44 heavy (non-hydrogen) atoms. The van der Waals surface area contributed by atoms with Crippen LogP contribution in [0.2, 0.25) is 0 Å². The van der Waals surface area contributed by atoms with Gasteiger partial charge in [0.1, 0.15) is 18.0 Å². The summed E-state index contributed by atoms with van der Waals surface area (Å²) in [6.45, 7) is 13.1. The van der Waals surface area contributed by atoms with Crippen LogP contribution in [0.3, 0.4) is 0 Å². The van der Waals surface area contributed by atoms with Gasteiger partial charge in [0, 0.05) is 12.7 Å². The van der Waals surface area contributed by atoms with Gasteiger partial charge in [-0.1, -0.05) is 70.5 Å². The number of amides is 1. The number of carboxylic acid groups (broad SMARTS) is 1. The Morgan fingerprint density at radius 1 is 0.932 bits per heavy atom. The van der Waals surface area contributed by atoms with E-state index in [0.29, 0.717) is 11.6 Å². The van der Waals surface area contributed by atoms with Crippen molar-refractivity contribution in [3.8, 4) is 0 Å². The minimum atomic E-state index is -4.06. The number of anilines is 1. The maximum absolute atomic E-state index is 13.8. The van der Waals surface area contributed by atoms with Crippen molar-refractivity contribution in [3.63, 3.8) is 0 Å². The van der Waals surface area contributed by atoms with Crippen LogP contribution in [0.25, 0.3) is 0 Å². The van der Waals surface area contributed by atoms with Crippen LogP contribution >= 0.6 is 0 Å². The summed E-state index contributed by atoms with van der Waals surface area (Å²) in [5.74, 6) is -0.619. The quantitative estimate of drug-likeness (QED) is 0.231. The number of carbonyl (C=O) groups excluding carboxylic acids is 1. The van der Waals surface area contributed by atoms with Crippen molar-refractivity contribution in [2.24, 2.45) is 5.92 Å². The van der Waals surface area contributed by atoms with E-state index in [9.17, 15) is 23.1 Å². The summed E-state index contributed by atoms with van der Waals surface area (Å²) < 4.78 is 34.3. The Bertz CT molecular complexity index is 1520. The molecule has 0 fully saturated rings. The molecule has 0 aliphatic rings. The van der Waals surface area contributed by atoms with Crippen molar-refractivity contribution < 1.29 is 27.9 Å². The highest BCUT2D eigenvalue weighted by atomic mass is 32.2. The van der Waals surface area contributed by atoms with E-state index in [1.807, 2.05) is 24.3 Å². The molecule has 0 saturated carbocycles. The first-order valence-corrected chi connectivity index (χ1v) is 16.1. The van der Waals surface area contributed by atoms with Crippen molar-refractivity contribution in [1.82, 2.24) is 14.3 Å². The van der Waals surface area contributed by atoms with Crippen LogP contribution in [0, 0.1) is 5.92 Å². The topological polar surface area (TPSA) is 130 Å². The Hall–Kier alpha value is -3.83. The normalized spacial score (nSPS) is 12.4. The van der Waals surface area contributed by atoms with E-state index >= 15 is 0 Å². The largest absolute Gasteiger partial charge is 0.480 e. The minimum absolute atomic E-state index is 0.0250. The van der Waals surface area contributed by atoms with Gasteiger partial charge in [0.25, 0.3) is 10.0 Å². The zero-order valence-electron chi connectivity index (χ0n) is 26.6. The van der Waals surface area contributed by atoms with Crippen LogP contribution < -0.4 is 4.90 Å². The second-order valence-electron chi connectivity index (χ2n) is 12.9. The molecule has 2 aromatic heterocycles. The molecule has 3 rings (SSSR count). The number of aliphatic carboxylic acids is 1. The van der Waals surface area contributed by atoms with Gasteiger partial charge in [0.05, 0.1) is 12.2 Å². The molecular weight excluding hydrogens is 580 g/mol. The number of hydrogen-bond acceptors (Lipinski definition) is 7. The van der Waals surface area contributed by atoms with Crippen molar-refractivity contribution >= 4 is 27.9 Å². The SMILES string of the molecule is CC(C)CCC(C)(C)c1ccc(CN(Cc2cccc(N(CC(=O)O)C(=O)OC(C)(C)C)n2)S(=O)(=O)c2ccccn2)cc1. The third kappa shape index (κ3) is 9.85. The number of benzene rings is 1. The molecule has 3 aromatic rings. The maximum atomic E-state index is 13.8. The van der Waals surface area contributed by atoms with Crippen LogP contribution in [-0.2, 0) is 38.1 Å². The molecule has 0 atom stereocenters. The molecule has 0 bridgehead atoms. The summed E-state index contributed by atoms with van der Waals surface area (Å²) >= 11 is 0. The molecule has 0 radical (unpaired) electrons. The summed E-state index contributed by atoms with van der Waals surface area (Å²) in [4.78, 5) is 33.9. The zero-order chi connectivity index (χ0) is 32.7. The number of ether oxygens (including phenoxy) is 1. The maximum Gasteiger partial charge on any atom is 0.416 e. The summed E-state index contributed by atoms with van der Waals surface area (Å²) in [5.41, 5.74) is 1.38. The van der Waals surface area contributed by atoms with E-state index in [2.05, 4.69) is 37.7 Å². The lowest BCUT2D eigenvalue weighted by atomic mass is 9.79. The van der Waals surface area contributed by atoms with Gasteiger partial charge in [-0.05, 0) is 73.9 Å². The molecule has 0 aliphatic carbocycles. The number of rotatable bonds is 13. The van der Waals surface area contributed by atoms with Gasteiger partial charge in [-0.3, -0.25) is 9.69 Å². The molecule has 1 amide bonds. The van der Waals surface area contributed by atoms with Gasteiger partial charge in [-0.25, -0.2) is 23.2 Å². The average molecular weight is 625 g/mol. The fraction of sp³-hybridized carbons (Fsp3) is 0.455. The zero-order valence-corrected chi connectivity index (χ0v) is 27.5. The van der Waals surface area contributed by atoms with Gasteiger partial charge >= 0.3 is 12.1 Å². The fourth-order valence-electron chi connectivity index (χ4n) is 4.49. The van der Waals surface area contributed by atoms with Gasteiger partial charge in [-0.2, -0.15) is 4.31 Å². The van der Waals surface area contributed by atoms with E-state index in [-0.39, 0.29) is 29.3 Å². The van der Waals surface area contributed by atoms with Gasteiger partial charge in [0.15, 0.2) is 5.03 Å². The Balaban J connectivity index is 1.96. The van der Waals surface area contributed by atoms with Crippen molar-refractivity contribution in [2.45, 2.75) is 90.4 Å². The molecular formula is C33H44N4O6S. The molecule has 0 saturated heterocycles. The van der Waals surface area contributed by atoms with Gasteiger partial charge < -0.3 is 9.84 Å². The number of aromatic nitrogens is 2. The molecule has 1 aromatic carbocycles. The van der Waals surface area contributed by atoms with E-state index in [4.69, 9.17) is 4.74 Å². The Morgan fingerprint density at radius 2 is 1.61 bits per heavy atom. The second-order valence-corrected chi connectivity index (χ2v) is 14.8. The second kappa shape index (κ2) is 14.3. The minimum Gasteiger partial charge on any atom is -0.480 e. The van der Waals surface area contributed by atoms with Crippen LogP contribution in [0.1, 0.15) is 78.1 Å². The predicted octanol–water partition coefficient (Wildman–Crippen LogP) is 6.41. The van der Waals surface area contributed by atoms with Gasteiger partial charge in [-0.15, -0.1) is 0 Å². The number of nitrogens with zero attached hydrogens (tertiary/aromatic N) is 4. The summed E-state index contributed by atoms with van der Waals surface area (Å²) in [6, 6.07) is 17.3. The highest BCUT2D eigenvalue weighted by Gasteiger charge is 2.29. The van der Waals surface area contributed by atoms with E-state index in [1.54, 1.807) is 45.0 Å². The molecule has 0 aliphatic heterocycles. The summed E-state index contributed by atoms with van der Waals surface area (Å²) in [7, 11) is -4.06. The number of sulfonamides is 1. The Kier molecular flexibility index (Phi) is 11.3. The van der Waals surface area contributed by atoms with Crippen LogP contribution in [0.4, 0.5) is 10.6 Å². The molecule has 1 N–H and O–H groups in total. The highest BCUT2D eigenvalue weighted by molar-refractivity contribution is 7.89. The fourth-order valence-corrected chi connectivity index (χ4v) is 5.82. The van der Waals surface area contributed by atoms with Crippen molar-refractivity contribution in [1.29, 1.82) is 0 Å². The van der Waals surface area contributed by atoms with Crippen molar-refractivity contribution in [2.75, 3.05) is 11.4 Å². The van der Waals surface area contributed by atoms with E-state index < -0.39 is 34.2 Å². The lowest BCUT2D eigenvalue weighted by Gasteiger charge is -2.27. The molecule has 238 valence electrons. The van der Waals surface area contributed by atoms with Crippen molar-refractivity contribution in [3.05, 3.63) is 83.7 Å². The standard InChI is InChI=1S/C33H44N4O6S/c1-24(2)18-19-33(6,7)26-16-14-25(15-17-26)21-36(44(41,42)29-13-8-9-20-34-29)22-27-11-10-12-28(35-27)37(23-30(38)39)31(40)43-32(3,4)5/h8-17,20,24H,18-19,21-23H2,1-7H3,(H,38,39). The molecule has 11 heteroatoms. The van der Waals surface area contributed by atoms with Gasteiger partial charge in [0.2, 0.25) is 0 Å². The van der Waals surface area contributed by atoms with Crippen LogP contribution in [0.15, 0.2) is 71.9 Å². The van der Waals surface area contributed by atoms with Crippen LogP contribution in [-0.4, -0.2) is 52.0 Å². The predicted molar refractivity (Wildman–Crippen MR) is 170 cm³/mol. The summed E-state index contributed by atoms with van der Waals surface area (Å²) in [6.07, 6.45) is 2.69. The first kappa shape index (κ1) is 34.7. The van der Waals surface area contributed by atoms with E-state index in [0.717, 1.165) is 23.3 Å². The molecule has 10 nitrogen and oxygen atoms in total. The smallest absolute Gasteiger partial charge is 0.416 e. The third-order valence-corrected chi connectivity index (χ3v) is 8.71. The molecule has 0 unspecified atom stereocenters. The number of carboxylic acids is 1.